The number of pyridine rings is 1. The van der Waals surface area contributed by atoms with Gasteiger partial charge < -0.3 is 14.2 Å². The highest BCUT2D eigenvalue weighted by Gasteiger charge is 2.15. The molecule has 0 aliphatic carbocycles. The monoisotopic (exact) mass is 348 g/mol. The number of non-ortho nitro benzene ring substituents is 1. The fourth-order valence-corrected chi connectivity index (χ4v) is 2.48. The van der Waals surface area contributed by atoms with Crippen LogP contribution in [0.2, 0.25) is 0 Å². The Balaban J connectivity index is 2.30. The van der Waals surface area contributed by atoms with E-state index < -0.39 is 4.92 Å². The van der Waals surface area contributed by atoms with Crippen molar-refractivity contribution in [2.24, 2.45) is 0 Å². The smallest absolute Gasteiger partial charge is 0.297 e. The number of ether oxygens (including phenoxy) is 3. The molecule has 0 radical (unpaired) electrons. The third-order valence-electron chi connectivity index (χ3n) is 3.57. The van der Waals surface area contributed by atoms with Gasteiger partial charge in [0.15, 0.2) is 12.5 Å². The van der Waals surface area contributed by atoms with Crippen molar-refractivity contribution in [3.63, 3.8) is 0 Å². The van der Waals surface area contributed by atoms with Crippen LogP contribution in [-0.2, 0) is 9.47 Å². The second-order valence-electron chi connectivity index (χ2n) is 5.40. The molecule has 25 heavy (non-hydrogen) atoms. The molecule has 0 fully saturated rings. The van der Waals surface area contributed by atoms with Crippen molar-refractivity contribution in [3.8, 4) is 11.4 Å². The summed E-state index contributed by atoms with van der Waals surface area (Å²) in [5.41, 5.74) is 1.48. The topological polar surface area (TPSA) is 92.8 Å². The molecular formula is C17H20N2O6. The number of methoxy groups -OCH3 is 1. The Labute approximate surface area is 144 Å². The first kappa shape index (κ1) is 18.6. The summed E-state index contributed by atoms with van der Waals surface area (Å²) in [4.78, 5) is 23.1. The standard InChI is InChI=1S/C17H20N2O6/c1-12-9-14(19(21)22)10-13(2)16(12)18-6-4-5-15(17(18)20)25-11-24-8-7-23-3/h4-6,9-10H,7-8,11H2,1-3H3. The van der Waals surface area contributed by atoms with Crippen molar-refractivity contribution in [2.45, 2.75) is 13.8 Å². The molecule has 0 bridgehead atoms. The van der Waals surface area contributed by atoms with Crippen molar-refractivity contribution in [2.75, 3.05) is 27.1 Å². The summed E-state index contributed by atoms with van der Waals surface area (Å²) in [6.07, 6.45) is 1.60. The molecule has 1 aromatic carbocycles. The van der Waals surface area contributed by atoms with Gasteiger partial charge in [-0.3, -0.25) is 19.5 Å². The van der Waals surface area contributed by atoms with Crippen LogP contribution < -0.4 is 10.3 Å². The summed E-state index contributed by atoms with van der Waals surface area (Å²) >= 11 is 0. The number of hydrogen-bond acceptors (Lipinski definition) is 6. The van der Waals surface area contributed by atoms with Gasteiger partial charge in [0, 0.05) is 25.4 Å². The lowest BCUT2D eigenvalue weighted by Crippen LogP contribution is -2.22. The maximum atomic E-state index is 12.6. The molecular weight excluding hydrogens is 328 g/mol. The van der Waals surface area contributed by atoms with Gasteiger partial charge in [-0.15, -0.1) is 0 Å². The van der Waals surface area contributed by atoms with E-state index in [0.717, 1.165) is 0 Å². The Hall–Kier alpha value is -2.71. The van der Waals surface area contributed by atoms with E-state index in [0.29, 0.717) is 30.0 Å². The van der Waals surface area contributed by atoms with Gasteiger partial charge in [0.2, 0.25) is 0 Å². The van der Waals surface area contributed by atoms with Crippen LogP contribution in [0.5, 0.6) is 5.75 Å². The van der Waals surface area contributed by atoms with Crippen molar-refractivity contribution < 1.29 is 19.1 Å². The summed E-state index contributed by atoms with van der Waals surface area (Å²) < 4.78 is 16.8. The first-order valence-corrected chi connectivity index (χ1v) is 7.63. The van der Waals surface area contributed by atoms with Crippen LogP contribution in [0.25, 0.3) is 5.69 Å². The number of hydrogen-bond donors (Lipinski definition) is 0. The average Bonchev–Trinajstić information content (AvgIpc) is 2.56. The molecule has 0 saturated heterocycles. The molecule has 8 nitrogen and oxygen atoms in total. The molecule has 0 aliphatic heterocycles. The molecule has 0 N–H and O–H groups in total. The molecule has 0 aliphatic rings. The molecule has 2 rings (SSSR count). The van der Waals surface area contributed by atoms with E-state index in [1.54, 1.807) is 39.3 Å². The lowest BCUT2D eigenvalue weighted by atomic mass is 10.1. The van der Waals surface area contributed by atoms with E-state index >= 15 is 0 Å². The van der Waals surface area contributed by atoms with Crippen molar-refractivity contribution in [1.29, 1.82) is 0 Å². The van der Waals surface area contributed by atoms with Gasteiger partial charge in [-0.2, -0.15) is 0 Å². The molecule has 2 aromatic rings. The number of nitro groups is 1. The number of aryl methyl sites for hydroxylation is 2. The molecule has 134 valence electrons. The highest BCUT2D eigenvalue weighted by molar-refractivity contribution is 5.54. The third-order valence-corrected chi connectivity index (χ3v) is 3.57. The van der Waals surface area contributed by atoms with Crippen LogP contribution >= 0.6 is 0 Å². The van der Waals surface area contributed by atoms with Gasteiger partial charge in [0.05, 0.1) is 23.8 Å². The first-order valence-electron chi connectivity index (χ1n) is 7.63. The van der Waals surface area contributed by atoms with E-state index in [1.165, 1.54) is 16.7 Å². The molecule has 0 amide bonds. The molecule has 0 spiro atoms. The molecule has 0 saturated carbocycles. The lowest BCUT2D eigenvalue weighted by molar-refractivity contribution is -0.384. The van der Waals surface area contributed by atoms with Crippen LogP contribution in [0.15, 0.2) is 35.3 Å². The first-order chi connectivity index (χ1) is 12.0. The fraction of sp³-hybridized carbons (Fsp3) is 0.353. The second-order valence-corrected chi connectivity index (χ2v) is 5.40. The molecule has 1 heterocycles. The zero-order valence-corrected chi connectivity index (χ0v) is 14.4. The van der Waals surface area contributed by atoms with E-state index in [2.05, 4.69) is 0 Å². The number of benzene rings is 1. The van der Waals surface area contributed by atoms with Gasteiger partial charge in [0.25, 0.3) is 11.2 Å². The van der Waals surface area contributed by atoms with Gasteiger partial charge in [-0.25, -0.2) is 0 Å². The predicted molar refractivity (Wildman–Crippen MR) is 91.5 cm³/mol. The normalized spacial score (nSPS) is 10.7. The summed E-state index contributed by atoms with van der Waals surface area (Å²) in [6.45, 7) is 4.18. The summed E-state index contributed by atoms with van der Waals surface area (Å²) in [5, 5.41) is 11.0. The zero-order valence-electron chi connectivity index (χ0n) is 14.4. The Morgan fingerprint density at radius 3 is 2.48 bits per heavy atom. The Morgan fingerprint density at radius 1 is 1.20 bits per heavy atom. The third kappa shape index (κ3) is 4.43. The fourth-order valence-electron chi connectivity index (χ4n) is 2.48. The van der Waals surface area contributed by atoms with Gasteiger partial charge >= 0.3 is 0 Å². The second kappa shape index (κ2) is 8.41. The maximum Gasteiger partial charge on any atom is 0.297 e. The highest BCUT2D eigenvalue weighted by Crippen LogP contribution is 2.24. The van der Waals surface area contributed by atoms with Crippen LogP contribution in [0.3, 0.4) is 0 Å². The Bertz CT molecular complexity index is 792. The number of rotatable bonds is 8. The molecule has 1 aromatic heterocycles. The van der Waals surface area contributed by atoms with Gasteiger partial charge in [-0.1, -0.05) is 0 Å². The maximum absolute atomic E-state index is 12.6. The van der Waals surface area contributed by atoms with Crippen LogP contribution in [0.1, 0.15) is 11.1 Å². The largest absolute Gasteiger partial charge is 0.462 e. The van der Waals surface area contributed by atoms with Crippen molar-refractivity contribution in [1.82, 2.24) is 4.57 Å². The molecule has 0 unspecified atom stereocenters. The SMILES string of the molecule is COCCOCOc1cccn(-c2c(C)cc([N+](=O)[O-])cc2C)c1=O. The minimum Gasteiger partial charge on any atom is -0.462 e. The Kier molecular flexibility index (Phi) is 6.26. The summed E-state index contributed by atoms with van der Waals surface area (Å²) in [6, 6.07) is 6.10. The van der Waals surface area contributed by atoms with Crippen molar-refractivity contribution in [3.05, 3.63) is 62.1 Å². The number of nitro benzene ring substituents is 1. The lowest BCUT2D eigenvalue weighted by Gasteiger charge is -2.14. The zero-order chi connectivity index (χ0) is 18.4. The van der Waals surface area contributed by atoms with Crippen molar-refractivity contribution >= 4 is 5.69 Å². The van der Waals surface area contributed by atoms with Gasteiger partial charge in [-0.05, 0) is 37.1 Å². The average molecular weight is 348 g/mol. The van der Waals surface area contributed by atoms with E-state index in [4.69, 9.17) is 14.2 Å². The molecule has 0 atom stereocenters. The number of aromatic nitrogens is 1. The van der Waals surface area contributed by atoms with Gasteiger partial charge in [0.1, 0.15) is 0 Å². The molecule has 8 heteroatoms. The number of nitrogens with zero attached hydrogens (tertiary/aromatic N) is 2. The predicted octanol–water partition coefficient (Wildman–Crippen LogP) is 2.36. The minimum absolute atomic E-state index is 0.00857. The highest BCUT2D eigenvalue weighted by atomic mass is 16.7. The van der Waals surface area contributed by atoms with Crippen LogP contribution in [0.4, 0.5) is 5.69 Å². The minimum atomic E-state index is -0.455. The summed E-state index contributed by atoms with van der Waals surface area (Å²) in [7, 11) is 1.56. The quantitative estimate of drug-likeness (QED) is 0.315. The van der Waals surface area contributed by atoms with Crippen LogP contribution in [0, 0.1) is 24.0 Å². The van der Waals surface area contributed by atoms with E-state index in [1.807, 2.05) is 0 Å². The van der Waals surface area contributed by atoms with E-state index in [9.17, 15) is 14.9 Å². The Morgan fingerprint density at radius 2 is 1.88 bits per heavy atom. The van der Waals surface area contributed by atoms with Crippen LogP contribution in [-0.4, -0.2) is 36.6 Å². The van der Waals surface area contributed by atoms with E-state index in [-0.39, 0.29) is 23.8 Å². The summed E-state index contributed by atoms with van der Waals surface area (Å²) in [5.74, 6) is 0.136.